The third-order valence-electron chi connectivity index (χ3n) is 6.06. The summed E-state index contributed by atoms with van der Waals surface area (Å²) in [5.41, 5.74) is 3.80. The Labute approximate surface area is 208 Å². The maximum absolute atomic E-state index is 10.3. The molecule has 2 aliphatic rings. The SMILES string of the molecule is CCOc1cc2c(cc1OC)C(c1cnc(OC)c(OC)c1)=N[C@@H]1CC[C@@H](O)C[C@H]21.O=C(O)C(=O)O. The van der Waals surface area contributed by atoms with Crippen molar-refractivity contribution in [3.63, 3.8) is 0 Å². The minimum atomic E-state index is -1.82. The van der Waals surface area contributed by atoms with Gasteiger partial charge in [0.1, 0.15) is 0 Å². The van der Waals surface area contributed by atoms with Gasteiger partial charge >= 0.3 is 11.9 Å². The Morgan fingerprint density at radius 2 is 1.67 bits per heavy atom. The Hall–Kier alpha value is -3.86. The van der Waals surface area contributed by atoms with Crippen molar-refractivity contribution in [1.82, 2.24) is 4.98 Å². The Morgan fingerprint density at radius 3 is 2.25 bits per heavy atom. The van der Waals surface area contributed by atoms with Crippen LogP contribution in [0.15, 0.2) is 29.4 Å². The zero-order chi connectivity index (χ0) is 26.4. The molecule has 11 nitrogen and oxygen atoms in total. The summed E-state index contributed by atoms with van der Waals surface area (Å²) >= 11 is 0. The molecule has 0 saturated heterocycles. The topological polar surface area (TPSA) is 157 Å². The minimum Gasteiger partial charge on any atom is -0.493 e. The first-order valence-electron chi connectivity index (χ1n) is 11.4. The van der Waals surface area contributed by atoms with E-state index in [2.05, 4.69) is 11.1 Å². The van der Waals surface area contributed by atoms with Gasteiger partial charge in [0.25, 0.3) is 5.88 Å². The van der Waals surface area contributed by atoms with Crippen LogP contribution in [0.4, 0.5) is 0 Å². The van der Waals surface area contributed by atoms with Crippen LogP contribution < -0.4 is 18.9 Å². The van der Waals surface area contributed by atoms with Gasteiger partial charge in [-0.05, 0) is 49.9 Å². The van der Waals surface area contributed by atoms with E-state index >= 15 is 0 Å². The van der Waals surface area contributed by atoms with E-state index in [0.29, 0.717) is 36.2 Å². The lowest BCUT2D eigenvalue weighted by atomic mass is 9.74. The van der Waals surface area contributed by atoms with Crippen LogP contribution in [0, 0.1) is 0 Å². The van der Waals surface area contributed by atoms with E-state index in [9.17, 15) is 5.11 Å². The molecule has 1 aliphatic heterocycles. The fourth-order valence-corrected chi connectivity index (χ4v) is 4.46. The van der Waals surface area contributed by atoms with Gasteiger partial charge in [0.05, 0.1) is 45.8 Å². The number of methoxy groups -OCH3 is 3. The second-order valence-corrected chi connectivity index (χ2v) is 8.19. The molecule has 0 bridgehead atoms. The van der Waals surface area contributed by atoms with Crippen LogP contribution in [0.25, 0.3) is 0 Å². The zero-order valence-corrected chi connectivity index (χ0v) is 20.6. The summed E-state index contributed by atoms with van der Waals surface area (Å²) in [4.78, 5) is 27.7. The minimum absolute atomic E-state index is 0.104. The summed E-state index contributed by atoms with van der Waals surface area (Å²) in [7, 11) is 4.79. The van der Waals surface area contributed by atoms with E-state index in [0.717, 1.165) is 35.2 Å². The van der Waals surface area contributed by atoms with Crippen molar-refractivity contribution < 1.29 is 43.9 Å². The number of pyridine rings is 1. The first kappa shape index (κ1) is 26.7. The molecule has 1 aromatic carbocycles. The third kappa shape index (κ3) is 5.68. The van der Waals surface area contributed by atoms with Crippen molar-refractivity contribution >= 4 is 17.7 Å². The molecule has 3 atom stereocenters. The Morgan fingerprint density at radius 1 is 0.972 bits per heavy atom. The van der Waals surface area contributed by atoms with E-state index < -0.39 is 11.9 Å². The summed E-state index contributed by atoms with van der Waals surface area (Å²) in [6, 6.07) is 6.03. The molecule has 36 heavy (non-hydrogen) atoms. The molecule has 2 heterocycles. The number of nitrogens with zero attached hydrogens (tertiary/aromatic N) is 2. The molecule has 0 amide bonds. The van der Waals surface area contributed by atoms with Crippen LogP contribution in [-0.4, -0.2) is 78.0 Å². The van der Waals surface area contributed by atoms with E-state index in [1.807, 2.05) is 19.1 Å². The summed E-state index contributed by atoms with van der Waals surface area (Å²) in [6.07, 6.45) is 3.73. The van der Waals surface area contributed by atoms with Crippen molar-refractivity contribution in [2.75, 3.05) is 27.9 Å². The average molecular weight is 503 g/mol. The quantitative estimate of drug-likeness (QED) is 0.501. The van der Waals surface area contributed by atoms with E-state index in [1.54, 1.807) is 27.5 Å². The predicted molar refractivity (Wildman–Crippen MR) is 129 cm³/mol. The van der Waals surface area contributed by atoms with Crippen LogP contribution in [0.1, 0.15) is 48.8 Å². The molecule has 1 saturated carbocycles. The number of aromatic nitrogens is 1. The lowest BCUT2D eigenvalue weighted by Gasteiger charge is -2.37. The molecule has 1 fully saturated rings. The van der Waals surface area contributed by atoms with E-state index in [4.69, 9.17) is 43.7 Å². The number of aliphatic carboxylic acids is 2. The Bertz CT molecular complexity index is 1140. The molecule has 2 aromatic rings. The van der Waals surface area contributed by atoms with Crippen LogP contribution >= 0.6 is 0 Å². The maximum Gasteiger partial charge on any atom is 0.414 e. The lowest BCUT2D eigenvalue weighted by molar-refractivity contribution is -0.159. The number of ether oxygens (including phenoxy) is 4. The number of aliphatic hydroxyl groups is 1. The first-order valence-corrected chi connectivity index (χ1v) is 11.4. The number of aliphatic imine (C=N–C) groups is 1. The average Bonchev–Trinajstić information content (AvgIpc) is 2.88. The van der Waals surface area contributed by atoms with Gasteiger partial charge in [0.2, 0.25) is 0 Å². The molecule has 4 rings (SSSR count). The standard InChI is InChI=1S/C23H28N2O5.C2H2O4/c1-5-30-20-10-15-16-9-14(26)6-7-18(16)25-22(17(15)11-19(20)27-2)13-8-21(28-3)23(29-4)24-12-13;3-1(4)2(5)6/h8,10-12,14,16,18,26H,5-7,9H2,1-4H3;(H,3,4)(H,5,6)/t14-,16-,18-;/m1./s1. The molecule has 1 aliphatic carbocycles. The van der Waals surface area contributed by atoms with Crippen molar-refractivity contribution in [2.45, 2.75) is 44.2 Å². The fourth-order valence-electron chi connectivity index (χ4n) is 4.46. The summed E-state index contributed by atoms with van der Waals surface area (Å²) in [5, 5.41) is 25.1. The van der Waals surface area contributed by atoms with Gasteiger partial charge in [-0.3, -0.25) is 4.99 Å². The molecule has 3 N–H and O–H groups in total. The molecule has 0 spiro atoms. The van der Waals surface area contributed by atoms with Gasteiger partial charge in [-0.2, -0.15) is 0 Å². The fraction of sp³-hybridized carbons (Fsp3) is 0.440. The molecular formula is C25H30N2O9. The van der Waals surface area contributed by atoms with Crippen LogP contribution in [0.3, 0.4) is 0 Å². The lowest BCUT2D eigenvalue weighted by Crippen LogP contribution is -2.34. The number of rotatable bonds is 6. The highest BCUT2D eigenvalue weighted by atomic mass is 16.5. The van der Waals surface area contributed by atoms with Crippen molar-refractivity contribution in [3.05, 3.63) is 41.1 Å². The number of hydrogen-bond donors (Lipinski definition) is 3. The molecule has 1 aromatic heterocycles. The molecule has 0 radical (unpaired) electrons. The van der Waals surface area contributed by atoms with E-state index in [1.165, 1.54) is 0 Å². The summed E-state index contributed by atoms with van der Waals surface area (Å²) in [5.74, 6) is -1.15. The number of hydrogen-bond acceptors (Lipinski definition) is 9. The van der Waals surface area contributed by atoms with Gasteiger partial charge in [-0.25, -0.2) is 14.6 Å². The maximum atomic E-state index is 10.3. The second kappa shape index (κ2) is 11.7. The number of carbonyl (C=O) groups is 2. The molecular weight excluding hydrogens is 472 g/mol. The molecule has 0 unspecified atom stereocenters. The van der Waals surface area contributed by atoms with Gasteiger partial charge in [-0.1, -0.05) is 0 Å². The first-order chi connectivity index (χ1) is 17.2. The molecule has 11 heteroatoms. The highest BCUT2D eigenvalue weighted by Gasteiger charge is 2.37. The van der Waals surface area contributed by atoms with Gasteiger partial charge < -0.3 is 34.3 Å². The van der Waals surface area contributed by atoms with Crippen LogP contribution in [0.5, 0.6) is 23.1 Å². The number of carboxylic acid groups (broad SMARTS) is 2. The number of carboxylic acids is 2. The number of fused-ring (bicyclic) bond motifs is 3. The van der Waals surface area contributed by atoms with Gasteiger partial charge in [0, 0.05) is 23.2 Å². The smallest absolute Gasteiger partial charge is 0.414 e. The Kier molecular flexibility index (Phi) is 8.70. The normalized spacial score (nSPS) is 19.9. The second-order valence-electron chi connectivity index (χ2n) is 8.19. The molecule has 194 valence electrons. The highest BCUT2D eigenvalue weighted by Crippen LogP contribution is 2.45. The van der Waals surface area contributed by atoms with Crippen molar-refractivity contribution in [1.29, 1.82) is 0 Å². The van der Waals surface area contributed by atoms with Gasteiger partial charge in [-0.15, -0.1) is 0 Å². The Balaban J connectivity index is 0.000000538. The van der Waals surface area contributed by atoms with Crippen LogP contribution in [-0.2, 0) is 9.59 Å². The van der Waals surface area contributed by atoms with Crippen molar-refractivity contribution in [2.24, 2.45) is 4.99 Å². The highest BCUT2D eigenvalue weighted by molar-refractivity contribution is 6.27. The van der Waals surface area contributed by atoms with E-state index in [-0.39, 0.29) is 18.1 Å². The summed E-state index contributed by atoms with van der Waals surface area (Å²) in [6.45, 7) is 2.50. The van der Waals surface area contributed by atoms with Crippen LogP contribution in [0.2, 0.25) is 0 Å². The van der Waals surface area contributed by atoms with Gasteiger partial charge in [0.15, 0.2) is 17.2 Å². The monoisotopic (exact) mass is 502 g/mol. The van der Waals surface area contributed by atoms with Crippen molar-refractivity contribution in [3.8, 4) is 23.1 Å². The number of benzene rings is 1. The third-order valence-corrected chi connectivity index (χ3v) is 6.06. The zero-order valence-electron chi connectivity index (χ0n) is 20.6. The largest absolute Gasteiger partial charge is 0.493 e. The predicted octanol–water partition coefficient (Wildman–Crippen LogP) is 2.51. The summed E-state index contributed by atoms with van der Waals surface area (Å²) < 4.78 is 22.2. The number of aliphatic hydroxyl groups excluding tert-OH is 1.